The molecule has 130 valence electrons. The number of benzene rings is 2. The zero-order chi connectivity index (χ0) is 18.9. The lowest BCUT2D eigenvalue weighted by Gasteiger charge is -2.08. The standard InChI is InChI=1S/C17H12N4O4S/c1-26(24,25)16-8-2-12(3-9-16)17-10-13(11-18)19-20(17)14-4-6-15(7-5-14)21(22)23/h2-10H,1H3. The fourth-order valence-corrected chi connectivity index (χ4v) is 3.06. The molecule has 0 aliphatic rings. The molecule has 0 aliphatic carbocycles. The Morgan fingerprint density at radius 3 is 2.23 bits per heavy atom. The summed E-state index contributed by atoms with van der Waals surface area (Å²) in [7, 11) is -3.32. The van der Waals surface area contributed by atoms with E-state index in [2.05, 4.69) is 5.10 Å². The van der Waals surface area contributed by atoms with E-state index in [9.17, 15) is 18.5 Å². The summed E-state index contributed by atoms with van der Waals surface area (Å²) in [4.78, 5) is 10.5. The van der Waals surface area contributed by atoms with Gasteiger partial charge in [-0.3, -0.25) is 10.1 Å². The summed E-state index contributed by atoms with van der Waals surface area (Å²) in [6, 6.07) is 15.5. The number of non-ortho nitro benzene ring substituents is 1. The summed E-state index contributed by atoms with van der Waals surface area (Å²) in [6.45, 7) is 0. The molecule has 0 unspecified atom stereocenters. The zero-order valence-electron chi connectivity index (χ0n) is 13.5. The van der Waals surface area contributed by atoms with Gasteiger partial charge in [0.2, 0.25) is 0 Å². The Kier molecular flexibility index (Phi) is 4.28. The van der Waals surface area contributed by atoms with Gasteiger partial charge < -0.3 is 0 Å². The normalized spacial score (nSPS) is 11.1. The molecular weight excluding hydrogens is 356 g/mol. The first-order valence-electron chi connectivity index (χ1n) is 7.35. The summed E-state index contributed by atoms with van der Waals surface area (Å²) >= 11 is 0. The highest BCUT2D eigenvalue weighted by Crippen LogP contribution is 2.26. The van der Waals surface area contributed by atoms with Crippen LogP contribution in [0.25, 0.3) is 16.9 Å². The number of aromatic nitrogens is 2. The van der Waals surface area contributed by atoms with Crippen molar-refractivity contribution in [1.29, 1.82) is 5.26 Å². The molecule has 0 spiro atoms. The molecule has 26 heavy (non-hydrogen) atoms. The number of hydrogen-bond donors (Lipinski definition) is 0. The number of nitro groups is 1. The predicted molar refractivity (Wildman–Crippen MR) is 93.5 cm³/mol. The van der Waals surface area contributed by atoms with E-state index < -0.39 is 14.8 Å². The van der Waals surface area contributed by atoms with Gasteiger partial charge in [-0.1, -0.05) is 12.1 Å². The van der Waals surface area contributed by atoms with Crippen molar-refractivity contribution in [2.45, 2.75) is 4.90 Å². The summed E-state index contributed by atoms with van der Waals surface area (Å²) in [5.41, 5.74) is 1.88. The number of nitriles is 1. The summed E-state index contributed by atoms with van der Waals surface area (Å²) in [6.07, 6.45) is 1.12. The maximum absolute atomic E-state index is 11.6. The van der Waals surface area contributed by atoms with Crippen LogP contribution in [0.4, 0.5) is 5.69 Å². The molecule has 0 fully saturated rings. The minimum absolute atomic E-state index is 0.0551. The Morgan fingerprint density at radius 2 is 1.73 bits per heavy atom. The smallest absolute Gasteiger partial charge is 0.258 e. The van der Waals surface area contributed by atoms with Crippen molar-refractivity contribution in [3.8, 4) is 23.0 Å². The van der Waals surface area contributed by atoms with E-state index in [1.54, 1.807) is 18.2 Å². The van der Waals surface area contributed by atoms with Gasteiger partial charge in [0.25, 0.3) is 5.69 Å². The molecule has 3 aromatic rings. The second-order valence-corrected chi connectivity index (χ2v) is 7.52. The Hall–Kier alpha value is -3.51. The Morgan fingerprint density at radius 1 is 1.12 bits per heavy atom. The molecule has 3 rings (SSSR count). The number of nitro benzene ring substituents is 1. The van der Waals surface area contributed by atoms with Crippen molar-refractivity contribution in [2.24, 2.45) is 0 Å². The molecule has 1 aromatic heterocycles. The van der Waals surface area contributed by atoms with Crippen molar-refractivity contribution in [1.82, 2.24) is 9.78 Å². The second-order valence-electron chi connectivity index (χ2n) is 5.51. The average Bonchev–Trinajstić information content (AvgIpc) is 3.05. The maximum Gasteiger partial charge on any atom is 0.269 e. The number of rotatable bonds is 4. The number of sulfone groups is 1. The quantitative estimate of drug-likeness (QED) is 0.516. The van der Waals surface area contributed by atoms with Crippen LogP contribution in [0.2, 0.25) is 0 Å². The van der Waals surface area contributed by atoms with Crippen LogP contribution in [-0.4, -0.2) is 29.4 Å². The first kappa shape index (κ1) is 17.3. The van der Waals surface area contributed by atoms with Crippen molar-refractivity contribution in [2.75, 3.05) is 6.26 Å². The monoisotopic (exact) mass is 368 g/mol. The minimum Gasteiger partial charge on any atom is -0.258 e. The second kappa shape index (κ2) is 6.42. The van der Waals surface area contributed by atoms with Gasteiger partial charge in [-0.15, -0.1) is 0 Å². The van der Waals surface area contributed by atoms with Crippen molar-refractivity contribution < 1.29 is 13.3 Å². The van der Waals surface area contributed by atoms with E-state index in [-0.39, 0.29) is 16.3 Å². The van der Waals surface area contributed by atoms with E-state index in [4.69, 9.17) is 5.26 Å². The molecule has 0 amide bonds. The molecule has 0 saturated heterocycles. The third-order valence-electron chi connectivity index (χ3n) is 3.71. The molecule has 2 aromatic carbocycles. The highest BCUT2D eigenvalue weighted by atomic mass is 32.2. The van der Waals surface area contributed by atoms with Gasteiger partial charge in [-0.2, -0.15) is 10.4 Å². The topological polar surface area (TPSA) is 119 Å². The van der Waals surface area contributed by atoms with Crippen LogP contribution >= 0.6 is 0 Å². The van der Waals surface area contributed by atoms with Gasteiger partial charge in [-0.05, 0) is 24.3 Å². The van der Waals surface area contributed by atoms with E-state index in [0.717, 1.165) is 6.26 Å². The molecular formula is C17H12N4O4S. The Labute approximate surface area is 149 Å². The summed E-state index contributed by atoms with van der Waals surface area (Å²) < 4.78 is 24.7. The zero-order valence-corrected chi connectivity index (χ0v) is 14.3. The van der Waals surface area contributed by atoms with E-state index in [1.807, 2.05) is 6.07 Å². The fraction of sp³-hybridized carbons (Fsp3) is 0.0588. The van der Waals surface area contributed by atoms with Crippen LogP contribution in [0.1, 0.15) is 5.69 Å². The third kappa shape index (κ3) is 3.31. The van der Waals surface area contributed by atoms with Crippen LogP contribution in [0.5, 0.6) is 0 Å². The van der Waals surface area contributed by atoms with Gasteiger partial charge >= 0.3 is 0 Å². The van der Waals surface area contributed by atoms with Crippen LogP contribution in [0, 0.1) is 21.4 Å². The third-order valence-corrected chi connectivity index (χ3v) is 4.84. The van der Waals surface area contributed by atoms with Crippen molar-refractivity contribution >= 4 is 15.5 Å². The molecule has 0 atom stereocenters. The SMILES string of the molecule is CS(=O)(=O)c1ccc(-c2cc(C#N)nn2-c2ccc([N+](=O)[O-])cc2)cc1. The van der Waals surface area contributed by atoms with E-state index in [0.29, 0.717) is 16.9 Å². The van der Waals surface area contributed by atoms with Crippen LogP contribution in [-0.2, 0) is 9.84 Å². The first-order chi connectivity index (χ1) is 12.3. The van der Waals surface area contributed by atoms with E-state index >= 15 is 0 Å². The van der Waals surface area contributed by atoms with E-state index in [1.165, 1.54) is 41.1 Å². The molecule has 0 N–H and O–H groups in total. The molecule has 0 radical (unpaired) electrons. The van der Waals surface area contributed by atoms with Crippen molar-refractivity contribution in [3.63, 3.8) is 0 Å². The lowest BCUT2D eigenvalue weighted by molar-refractivity contribution is -0.384. The Bertz CT molecular complexity index is 1130. The largest absolute Gasteiger partial charge is 0.269 e. The highest BCUT2D eigenvalue weighted by Gasteiger charge is 2.14. The fourth-order valence-electron chi connectivity index (χ4n) is 2.43. The van der Waals surface area contributed by atoms with Gasteiger partial charge in [-0.25, -0.2) is 13.1 Å². The van der Waals surface area contributed by atoms with Crippen LogP contribution < -0.4 is 0 Å². The molecule has 1 heterocycles. The predicted octanol–water partition coefficient (Wildman–Crippen LogP) is 2.72. The van der Waals surface area contributed by atoms with Gasteiger partial charge in [0.1, 0.15) is 6.07 Å². The Balaban J connectivity index is 2.10. The highest BCUT2D eigenvalue weighted by molar-refractivity contribution is 7.90. The summed E-state index contributed by atoms with van der Waals surface area (Å²) in [5.74, 6) is 0. The lowest BCUT2D eigenvalue weighted by Crippen LogP contribution is -2.00. The minimum atomic E-state index is -3.32. The molecule has 0 aliphatic heterocycles. The van der Waals surface area contributed by atoms with Gasteiger partial charge in [0, 0.05) is 30.0 Å². The average molecular weight is 368 g/mol. The maximum atomic E-state index is 11.6. The van der Waals surface area contributed by atoms with Crippen LogP contribution in [0.15, 0.2) is 59.5 Å². The van der Waals surface area contributed by atoms with Crippen LogP contribution in [0.3, 0.4) is 0 Å². The van der Waals surface area contributed by atoms with Gasteiger partial charge in [0.05, 0.1) is 21.2 Å². The lowest BCUT2D eigenvalue weighted by atomic mass is 10.1. The molecule has 8 nitrogen and oxygen atoms in total. The number of nitrogens with zero attached hydrogens (tertiary/aromatic N) is 4. The molecule has 9 heteroatoms. The number of hydrogen-bond acceptors (Lipinski definition) is 6. The first-order valence-corrected chi connectivity index (χ1v) is 9.24. The van der Waals surface area contributed by atoms with Crippen molar-refractivity contribution in [3.05, 3.63) is 70.4 Å². The summed E-state index contributed by atoms with van der Waals surface area (Å²) in [5, 5.41) is 24.1. The molecule has 0 saturated carbocycles. The van der Waals surface area contributed by atoms with Gasteiger partial charge in [0.15, 0.2) is 15.5 Å². The molecule has 0 bridgehead atoms.